The summed E-state index contributed by atoms with van der Waals surface area (Å²) in [6.07, 6.45) is 4.06. The largest absolute Gasteiger partial charge is 0.411 e. The molecule has 0 saturated carbocycles. The number of hydrogen-bond acceptors (Lipinski definition) is 9. The van der Waals surface area contributed by atoms with E-state index < -0.39 is 12.8 Å². The smallest absolute Gasteiger partial charge is 0.385 e. The van der Waals surface area contributed by atoms with Gasteiger partial charge in [0.05, 0.1) is 46.2 Å². The molecule has 0 N–H and O–H groups in total. The van der Waals surface area contributed by atoms with Crippen molar-refractivity contribution in [3.63, 3.8) is 0 Å². The summed E-state index contributed by atoms with van der Waals surface area (Å²) < 4.78 is 80.0. The average Bonchev–Trinajstić information content (AvgIpc) is 3.10. The lowest BCUT2D eigenvalue weighted by Crippen LogP contribution is -2.33. The lowest BCUT2D eigenvalue weighted by Gasteiger charge is -2.27. The van der Waals surface area contributed by atoms with Crippen molar-refractivity contribution in [1.82, 2.24) is 0 Å². The van der Waals surface area contributed by atoms with Crippen molar-refractivity contribution in [2.24, 2.45) is 16.2 Å². The number of alkyl halides is 3. The summed E-state index contributed by atoms with van der Waals surface area (Å²) in [4.78, 5) is 0. The Labute approximate surface area is 328 Å². The summed E-state index contributed by atoms with van der Waals surface area (Å²) >= 11 is 0. The van der Waals surface area contributed by atoms with E-state index in [0.29, 0.717) is 26.4 Å². The maximum atomic E-state index is 11.8. The molecule has 0 radical (unpaired) electrons. The molecule has 1 atom stereocenters. The van der Waals surface area contributed by atoms with Gasteiger partial charge in [-0.05, 0) is 26.2 Å². The minimum absolute atomic E-state index is 0.0144. The Morgan fingerprint density at radius 3 is 1.00 bits per heavy atom. The van der Waals surface area contributed by atoms with Crippen LogP contribution in [0.2, 0.25) is 0 Å². The van der Waals surface area contributed by atoms with Gasteiger partial charge in [0.15, 0.2) is 0 Å². The van der Waals surface area contributed by atoms with Crippen molar-refractivity contribution in [1.29, 1.82) is 0 Å². The Hall–Kier alpha value is -0.570. The zero-order valence-electron chi connectivity index (χ0n) is 38.5. The fraction of sp³-hybridized carbons (Fsp3) is 1.00. The maximum Gasteiger partial charge on any atom is 0.411 e. The number of hydrogen-bond donors (Lipinski definition) is 0. The topological polar surface area (TPSA) is 83.1 Å². The average molecular weight is 787 g/mol. The summed E-state index contributed by atoms with van der Waals surface area (Å²) in [6.45, 7) is 29.8. The highest BCUT2D eigenvalue weighted by Crippen LogP contribution is 2.23. The summed E-state index contributed by atoms with van der Waals surface area (Å²) in [5, 5.41) is 0. The van der Waals surface area contributed by atoms with Crippen LogP contribution in [0.4, 0.5) is 13.2 Å². The van der Waals surface area contributed by atoms with E-state index in [2.05, 4.69) is 39.4 Å². The van der Waals surface area contributed by atoms with Crippen LogP contribution < -0.4 is 0 Å². The van der Waals surface area contributed by atoms with Gasteiger partial charge in [0, 0.05) is 85.8 Å². The fourth-order valence-corrected chi connectivity index (χ4v) is 3.99. The predicted octanol–water partition coefficient (Wildman–Crippen LogP) is 11.0. The Kier molecular flexibility index (Phi) is 65.2. The van der Waals surface area contributed by atoms with Crippen molar-refractivity contribution >= 4 is 0 Å². The molecule has 0 heterocycles. The zero-order chi connectivity index (χ0) is 43.1. The molecule has 53 heavy (non-hydrogen) atoms. The van der Waals surface area contributed by atoms with Gasteiger partial charge in [-0.3, -0.25) is 0 Å². The second kappa shape index (κ2) is 51.4. The second-order valence-corrected chi connectivity index (χ2v) is 13.4. The molecule has 12 heteroatoms. The third kappa shape index (κ3) is 66.6. The summed E-state index contributed by atoms with van der Waals surface area (Å²) in [5.41, 5.74) is -0.191. The SMILES string of the molecule is CC.CC.CCC(C)(COC)COCC(F)(F)F.CCCCCOC.CCCCCOC.CCOCC(C)(COC)COC.COCC(C)(C)COC. The molecule has 0 bridgehead atoms. The van der Waals surface area contributed by atoms with E-state index in [1.807, 2.05) is 48.5 Å². The first-order chi connectivity index (χ1) is 25.0. The lowest BCUT2D eigenvalue weighted by atomic mass is 9.90. The summed E-state index contributed by atoms with van der Waals surface area (Å²) in [6, 6.07) is 0. The van der Waals surface area contributed by atoms with Crippen LogP contribution in [0.25, 0.3) is 0 Å². The molecule has 0 amide bonds. The summed E-state index contributed by atoms with van der Waals surface area (Å²) in [5.74, 6) is 0. The van der Waals surface area contributed by atoms with Gasteiger partial charge in [0.25, 0.3) is 0 Å². The molecule has 0 aliphatic heterocycles. The van der Waals surface area contributed by atoms with E-state index in [1.54, 1.807) is 42.7 Å². The van der Waals surface area contributed by atoms with Crippen LogP contribution in [0, 0.1) is 16.2 Å². The maximum absolute atomic E-state index is 11.8. The molecule has 1 unspecified atom stereocenters. The first-order valence-corrected chi connectivity index (χ1v) is 19.6. The molecule has 0 saturated heterocycles. The van der Waals surface area contributed by atoms with Crippen LogP contribution in [-0.4, -0.2) is 129 Å². The Bertz CT molecular complexity index is 582. The normalized spacial score (nSPS) is 11.9. The minimum atomic E-state index is -4.25. The van der Waals surface area contributed by atoms with E-state index in [9.17, 15) is 13.2 Å². The second-order valence-electron chi connectivity index (χ2n) is 13.4. The highest BCUT2D eigenvalue weighted by atomic mass is 19.4. The molecule has 0 rings (SSSR count). The highest BCUT2D eigenvalue weighted by Gasteiger charge is 2.30. The van der Waals surface area contributed by atoms with Gasteiger partial charge >= 0.3 is 6.18 Å². The fourth-order valence-electron chi connectivity index (χ4n) is 3.99. The molecule has 0 aromatic heterocycles. The Balaban J connectivity index is -0.0000000997. The Morgan fingerprint density at radius 2 is 0.736 bits per heavy atom. The number of rotatable bonds is 25. The van der Waals surface area contributed by atoms with Gasteiger partial charge in [-0.1, -0.05) is 102 Å². The van der Waals surface area contributed by atoms with E-state index in [1.165, 1.54) is 45.6 Å². The van der Waals surface area contributed by atoms with Crippen LogP contribution in [0.3, 0.4) is 0 Å². The molecule has 0 aliphatic rings. The molecule has 0 aromatic carbocycles. The van der Waals surface area contributed by atoms with Crippen LogP contribution in [0.15, 0.2) is 0 Å². The first-order valence-electron chi connectivity index (χ1n) is 19.6. The Morgan fingerprint density at radius 1 is 0.396 bits per heavy atom. The van der Waals surface area contributed by atoms with Crippen LogP contribution in [0.5, 0.6) is 0 Å². The lowest BCUT2D eigenvalue weighted by molar-refractivity contribution is -0.182. The van der Waals surface area contributed by atoms with Gasteiger partial charge in [0.1, 0.15) is 6.61 Å². The van der Waals surface area contributed by atoms with Crippen molar-refractivity contribution < 1.29 is 55.8 Å². The van der Waals surface area contributed by atoms with Crippen molar-refractivity contribution in [3.8, 4) is 0 Å². The van der Waals surface area contributed by atoms with E-state index in [4.69, 9.17) is 37.9 Å². The number of ether oxygens (including phenoxy) is 9. The van der Waals surface area contributed by atoms with E-state index in [-0.39, 0.29) is 22.9 Å². The zero-order valence-corrected chi connectivity index (χ0v) is 38.5. The van der Waals surface area contributed by atoms with Gasteiger partial charge in [-0.2, -0.15) is 13.2 Å². The van der Waals surface area contributed by atoms with Gasteiger partial charge in [-0.15, -0.1) is 0 Å². The van der Waals surface area contributed by atoms with E-state index in [0.717, 1.165) is 39.5 Å². The monoisotopic (exact) mass is 787 g/mol. The van der Waals surface area contributed by atoms with Gasteiger partial charge in [-0.25, -0.2) is 0 Å². The molecule has 0 aliphatic carbocycles. The molecule has 0 spiro atoms. The third-order valence-corrected chi connectivity index (χ3v) is 6.68. The molecule has 0 fully saturated rings. The molecular weight excluding hydrogens is 693 g/mol. The van der Waals surface area contributed by atoms with Crippen molar-refractivity contribution in [2.45, 2.75) is 134 Å². The molecule has 0 aromatic rings. The predicted molar refractivity (Wildman–Crippen MR) is 219 cm³/mol. The van der Waals surface area contributed by atoms with Crippen LogP contribution in [-0.2, 0) is 42.6 Å². The number of halogens is 3. The standard InChI is InChI=1S/C9H17F3O2.C9H20O3.C7H16O2.2C6H14O.2C2H6/c1-4-8(2,5-13-3)6-14-7-9(10,11)12;1-5-12-8-9(2,6-10-3)7-11-4;1-7(2,5-8-3)6-9-4;2*1-3-4-5-6-7-2;2*1-2/h4-7H2,1-3H3;5-8H2,1-4H3;5-6H2,1-4H3;2*3-6H2,1-2H3;2*1-2H3. The first kappa shape index (κ1) is 67.2. The van der Waals surface area contributed by atoms with Gasteiger partial charge in [0.2, 0.25) is 0 Å². The number of unbranched alkanes of at least 4 members (excludes halogenated alkanes) is 4. The van der Waals surface area contributed by atoms with Crippen molar-refractivity contribution in [2.75, 3.05) is 122 Å². The molecule has 332 valence electrons. The summed E-state index contributed by atoms with van der Waals surface area (Å²) in [7, 11) is 11.8. The van der Waals surface area contributed by atoms with Crippen LogP contribution >= 0.6 is 0 Å². The minimum Gasteiger partial charge on any atom is -0.385 e. The number of methoxy groups -OCH3 is 7. The highest BCUT2D eigenvalue weighted by molar-refractivity contribution is 4.73. The van der Waals surface area contributed by atoms with E-state index >= 15 is 0 Å². The van der Waals surface area contributed by atoms with Crippen LogP contribution in [0.1, 0.15) is 128 Å². The van der Waals surface area contributed by atoms with Gasteiger partial charge < -0.3 is 42.6 Å². The molecule has 9 nitrogen and oxygen atoms in total. The van der Waals surface area contributed by atoms with Crippen molar-refractivity contribution in [3.05, 3.63) is 0 Å². The molecular formula is C41H93F3O9. The quantitative estimate of drug-likeness (QED) is 0.0840. The third-order valence-electron chi connectivity index (χ3n) is 6.68.